The van der Waals surface area contributed by atoms with Gasteiger partial charge in [-0.2, -0.15) is 0 Å². The maximum atomic E-state index is 13.0. The fourth-order valence-corrected chi connectivity index (χ4v) is 4.34. The first kappa shape index (κ1) is 21.3. The van der Waals surface area contributed by atoms with Gasteiger partial charge in [0, 0.05) is 43.5 Å². The number of para-hydroxylation sites is 1. The molecule has 154 valence electrons. The summed E-state index contributed by atoms with van der Waals surface area (Å²) in [4.78, 5) is 29.4. The molecule has 4 rings (SSSR count). The zero-order valence-electron chi connectivity index (χ0n) is 16.8. The van der Waals surface area contributed by atoms with Crippen LogP contribution >= 0.6 is 12.4 Å². The number of nitrogens with zero attached hydrogens (tertiary/aromatic N) is 2. The number of anilines is 1. The molecule has 2 heterocycles. The lowest BCUT2D eigenvalue weighted by Crippen LogP contribution is -2.44. The first-order valence-electron chi connectivity index (χ1n) is 10.0. The third-order valence-electron chi connectivity index (χ3n) is 6.25. The van der Waals surface area contributed by atoms with Gasteiger partial charge in [-0.1, -0.05) is 24.3 Å². The molecule has 0 unspecified atom stereocenters. The van der Waals surface area contributed by atoms with Crippen LogP contribution in [-0.2, 0) is 0 Å². The summed E-state index contributed by atoms with van der Waals surface area (Å²) in [5.41, 5.74) is 2.33. The largest absolute Gasteiger partial charge is 0.339 e. The standard InChI is InChI=1S/C23H27N3O2.ClH/c1-25(20-8-3-2-4-9-20)21(27)18-6-5-7-19(16-18)22(28)26-14-11-23(12-15-26)10-13-24-17-23;/h2-9,16,24H,10-15,17H2,1H3;1H. The lowest BCUT2D eigenvalue weighted by molar-refractivity contribution is 0.0607. The Balaban J connectivity index is 0.00000240. The molecular weight excluding hydrogens is 386 g/mol. The molecule has 6 heteroatoms. The molecule has 0 aliphatic carbocycles. The van der Waals surface area contributed by atoms with E-state index in [4.69, 9.17) is 0 Å². The number of rotatable bonds is 3. The summed E-state index contributed by atoms with van der Waals surface area (Å²) in [7, 11) is 1.76. The number of hydrogen-bond donors (Lipinski definition) is 1. The Morgan fingerprint density at radius 3 is 2.31 bits per heavy atom. The van der Waals surface area contributed by atoms with Crippen molar-refractivity contribution in [3.05, 3.63) is 65.7 Å². The zero-order chi connectivity index (χ0) is 19.6. The minimum atomic E-state index is -0.115. The van der Waals surface area contributed by atoms with Crippen molar-refractivity contribution in [2.75, 3.05) is 38.1 Å². The van der Waals surface area contributed by atoms with E-state index in [9.17, 15) is 9.59 Å². The van der Waals surface area contributed by atoms with Gasteiger partial charge < -0.3 is 15.1 Å². The smallest absolute Gasteiger partial charge is 0.258 e. The van der Waals surface area contributed by atoms with Crippen LogP contribution in [0.4, 0.5) is 5.69 Å². The third kappa shape index (κ3) is 4.46. The number of benzene rings is 2. The second-order valence-corrected chi connectivity index (χ2v) is 8.00. The molecular formula is C23H28ClN3O2. The van der Waals surface area contributed by atoms with Crippen LogP contribution in [0, 0.1) is 5.41 Å². The maximum absolute atomic E-state index is 13.0. The van der Waals surface area contributed by atoms with Gasteiger partial charge in [-0.25, -0.2) is 0 Å². The van der Waals surface area contributed by atoms with Crippen LogP contribution < -0.4 is 10.2 Å². The van der Waals surface area contributed by atoms with Gasteiger partial charge in [-0.3, -0.25) is 9.59 Å². The fraction of sp³-hybridized carbons (Fsp3) is 0.391. The normalized spacial score (nSPS) is 17.6. The van der Waals surface area contributed by atoms with Crippen molar-refractivity contribution in [1.29, 1.82) is 0 Å². The molecule has 0 radical (unpaired) electrons. The summed E-state index contributed by atoms with van der Waals surface area (Å²) in [5, 5.41) is 3.46. The number of piperidine rings is 1. The van der Waals surface area contributed by atoms with Crippen LogP contribution in [0.3, 0.4) is 0 Å². The van der Waals surface area contributed by atoms with Gasteiger partial charge in [0.15, 0.2) is 0 Å². The maximum Gasteiger partial charge on any atom is 0.258 e. The number of nitrogens with one attached hydrogen (secondary N) is 1. The van der Waals surface area contributed by atoms with Crippen LogP contribution in [0.25, 0.3) is 0 Å². The van der Waals surface area contributed by atoms with Crippen molar-refractivity contribution < 1.29 is 9.59 Å². The van der Waals surface area contributed by atoms with E-state index in [-0.39, 0.29) is 24.2 Å². The van der Waals surface area contributed by atoms with Gasteiger partial charge in [-0.05, 0) is 61.6 Å². The fourth-order valence-electron chi connectivity index (χ4n) is 4.34. The van der Waals surface area contributed by atoms with Crippen molar-refractivity contribution in [2.24, 2.45) is 5.41 Å². The van der Waals surface area contributed by atoms with Crippen LogP contribution in [0.1, 0.15) is 40.0 Å². The monoisotopic (exact) mass is 413 g/mol. The lowest BCUT2D eigenvalue weighted by atomic mass is 9.78. The molecule has 1 spiro atoms. The van der Waals surface area contributed by atoms with Gasteiger partial charge in [0.2, 0.25) is 0 Å². The molecule has 2 aromatic rings. The molecule has 5 nitrogen and oxygen atoms in total. The second kappa shape index (κ2) is 8.97. The summed E-state index contributed by atoms with van der Waals surface area (Å²) in [5.74, 6) is -0.0895. The number of likely N-dealkylation sites (tertiary alicyclic amines) is 1. The minimum absolute atomic E-state index is 0. The average Bonchev–Trinajstić information content (AvgIpc) is 3.21. The van der Waals surface area contributed by atoms with Gasteiger partial charge >= 0.3 is 0 Å². The van der Waals surface area contributed by atoms with Crippen LogP contribution in [0.5, 0.6) is 0 Å². The van der Waals surface area contributed by atoms with Crippen molar-refractivity contribution in [3.8, 4) is 0 Å². The van der Waals surface area contributed by atoms with E-state index in [0.717, 1.165) is 44.7 Å². The lowest BCUT2D eigenvalue weighted by Gasteiger charge is -2.39. The predicted octanol–water partition coefficient (Wildman–Crippen LogP) is 3.60. The molecule has 0 atom stereocenters. The van der Waals surface area contributed by atoms with Gasteiger partial charge in [0.25, 0.3) is 11.8 Å². The molecule has 2 fully saturated rings. The van der Waals surface area contributed by atoms with Crippen molar-refractivity contribution in [2.45, 2.75) is 19.3 Å². The molecule has 1 N–H and O–H groups in total. The minimum Gasteiger partial charge on any atom is -0.339 e. The van der Waals surface area contributed by atoms with Crippen molar-refractivity contribution in [3.63, 3.8) is 0 Å². The first-order valence-corrected chi connectivity index (χ1v) is 10.0. The molecule has 2 aliphatic rings. The number of carbonyl (C=O) groups is 2. The second-order valence-electron chi connectivity index (χ2n) is 8.00. The Kier molecular flexibility index (Phi) is 6.60. The van der Waals surface area contributed by atoms with Crippen LogP contribution in [0.2, 0.25) is 0 Å². The predicted molar refractivity (Wildman–Crippen MR) is 118 cm³/mol. The molecule has 2 amide bonds. The summed E-state index contributed by atoms with van der Waals surface area (Å²) in [6, 6.07) is 16.6. The van der Waals surface area contributed by atoms with Gasteiger partial charge in [0.05, 0.1) is 0 Å². The quantitative estimate of drug-likeness (QED) is 0.836. The van der Waals surface area contributed by atoms with E-state index in [1.807, 2.05) is 41.3 Å². The summed E-state index contributed by atoms with van der Waals surface area (Å²) in [6.45, 7) is 3.75. The highest BCUT2D eigenvalue weighted by atomic mass is 35.5. The van der Waals surface area contributed by atoms with Crippen molar-refractivity contribution in [1.82, 2.24) is 10.2 Å². The van der Waals surface area contributed by atoms with E-state index in [1.165, 1.54) is 6.42 Å². The van der Waals surface area contributed by atoms with Gasteiger partial charge in [-0.15, -0.1) is 12.4 Å². The topological polar surface area (TPSA) is 52.7 Å². The summed E-state index contributed by atoms with van der Waals surface area (Å²) >= 11 is 0. The number of halogens is 1. The Labute approximate surface area is 178 Å². The molecule has 2 aliphatic heterocycles. The highest BCUT2D eigenvalue weighted by Crippen LogP contribution is 2.37. The Morgan fingerprint density at radius 2 is 1.66 bits per heavy atom. The molecule has 0 bridgehead atoms. The zero-order valence-corrected chi connectivity index (χ0v) is 17.6. The Hall–Kier alpha value is -2.37. The van der Waals surface area contributed by atoms with Crippen LogP contribution in [0.15, 0.2) is 54.6 Å². The Bertz CT molecular complexity index is 855. The summed E-state index contributed by atoms with van der Waals surface area (Å²) < 4.78 is 0. The van der Waals surface area contributed by atoms with E-state index in [1.54, 1.807) is 30.1 Å². The number of amides is 2. The van der Waals surface area contributed by atoms with E-state index in [2.05, 4.69) is 5.32 Å². The van der Waals surface area contributed by atoms with Gasteiger partial charge in [0.1, 0.15) is 0 Å². The van der Waals surface area contributed by atoms with E-state index >= 15 is 0 Å². The first-order chi connectivity index (χ1) is 13.6. The number of carbonyl (C=O) groups excluding carboxylic acids is 2. The molecule has 2 saturated heterocycles. The third-order valence-corrected chi connectivity index (χ3v) is 6.25. The average molecular weight is 414 g/mol. The SMILES string of the molecule is CN(C(=O)c1cccc(C(=O)N2CCC3(CCNC3)CC2)c1)c1ccccc1.Cl. The van der Waals surface area contributed by atoms with Crippen molar-refractivity contribution >= 4 is 29.9 Å². The van der Waals surface area contributed by atoms with Crippen LogP contribution in [-0.4, -0.2) is 49.9 Å². The molecule has 0 saturated carbocycles. The Morgan fingerprint density at radius 1 is 0.966 bits per heavy atom. The van der Waals surface area contributed by atoms with E-state index < -0.39 is 0 Å². The summed E-state index contributed by atoms with van der Waals surface area (Å²) in [6.07, 6.45) is 3.33. The molecule has 2 aromatic carbocycles. The highest BCUT2D eigenvalue weighted by molar-refractivity contribution is 6.07. The number of hydrogen-bond acceptors (Lipinski definition) is 3. The molecule has 29 heavy (non-hydrogen) atoms. The van der Waals surface area contributed by atoms with E-state index in [0.29, 0.717) is 16.5 Å². The highest BCUT2D eigenvalue weighted by Gasteiger charge is 2.38. The molecule has 0 aromatic heterocycles.